The smallest absolute Gasteiger partial charge is 0.0574 e. The maximum absolute atomic E-state index is 5.79. The Morgan fingerprint density at radius 3 is 2.94 bits per heavy atom. The summed E-state index contributed by atoms with van der Waals surface area (Å²) in [5.74, 6) is 2.46. The van der Waals surface area contributed by atoms with Crippen LogP contribution >= 0.6 is 0 Å². The topological polar surface area (TPSA) is 38.9 Å². The van der Waals surface area contributed by atoms with Gasteiger partial charge in [-0.25, -0.2) is 0 Å². The molecular formula is C16H26N2. The van der Waals surface area contributed by atoms with Crippen LogP contribution in [0.15, 0.2) is 18.3 Å². The minimum absolute atomic E-state index is 0.573. The highest BCUT2D eigenvalue weighted by molar-refractivity contribution is 5.25. The summed E-state index contributed by atoms with van der Waals surface area (Å²) in [7, 11) is 0. The van der Waals surface area contributed by atoms with Gasteiger partial charge in [-0.2, -0.15) is 0 Å². The van der Waals surface area contributed by atoms with E-state index in [1.54, 1.807) is 0 Å². The Labute approximate surface area is 111 Å². The minimum atomic E-state index is 0.573. The minimum Gasteiger partial charge on any atom is -0.325 e. The second-order valence-electron chi connectivity index (χ2n) is 6.09. The van der Waals surface area contributed by atoms with E-state index in [0.717, 1.165) is 17.5 Å². The van der Waals surface area contributed by atoms with Gasteiger partial charge in [0, 0.05) is 12.7 Å². The van der Waals surface area contributed by atoms with Gasteiger partial charge >= 0.3 is 0 Å². The Morgan fingerprint density at radius 1 is 1.39 bits per heavy atom. The van der Waals surface area contributed by atoms with Crippen molar-refractivity contribution in [3.8, 4) is 0 Å². The lowest BCUT2D eigenvalue weighted by molar-refractivity contribution is 0.428. The summed E-state index contributed by atoms with van der Waals surface area (Å²) < 4.78 is 0. The number of nitrogens with zero attached hydrogens (tertiary/aromatic N) is 1. The normalized spacial score (nSPS) is 23.8. The van der Waals surface area contributed by atoms with E-state index in [9.17, 15) is 0 Å². The van der Waals surface area contributed by atoms with Crippen molar-refractivity contribution in [2.45, 2.75) is 58.4 Å². The third-order valence-corrected chi connectivity index (χ3v) is 4.25. The molecule has 2 atom stereocenters. The van der Waals surface area contributed by atoms with Crippen molar-refractivity contribution in [2.24, 2.45) is 17.6 Å². The zero-order chi connectivity index (χ0) is 13.0. The molecule has 1 heterocycles. The van der Waals surface area contributed by atoms with Crippen LogP contribution in [0.25, 0.3) is 0 Å². The van der Waals surface area contributed by atoms with E-state index >= 15 is 0 Å². The summed E-state index contributed by atoms with van der Waals surface area (Å²) in [6, 6.07) is 4.28. The highest BCUT2D eigenvalue weighted by atomic mass is 14.7. The van der Waals surface area contributed by atoms with Crippen molar-refractivity contribution in [3.63, 3.8) is 0 Å². The van der Waals surface area contributed by atoms with Gasteiger partial charge in [-0.1, -0.05) is 32.8 Å². The van der Waals surface area contributed by atoms with Crippen LogP contribution in [0.2, 0.25) is 0 Å². The summed E-state index contributed by atoms with van der Waals surface area (Å²) in [5, 5.41) is 0. The molecule has 1 aliphatic carbocycles. The SMILES string of the molecule is CC(C)CCC1CCC(c2cccnc2CN)C1. The van der Waals surface area contributed by atoms with E-state index in [0.29, 0.717) is 12.5 Å². The molecule has 1 aliphatic rings. The van der Waals surface area contributed by atoms with Gasteiger partial charge in [0.05, 0.1) is 5.69 Å². The van der Waals surface area contributed by atoms with Gasteiger partial charge < -0.3 is 5.73 Å². The highest BCUT2D eigenvalue weighted by Gasteiger charge is 2.27. The van der Waals surface area contributed by atoms with Crippen LogP contribution in [-0.4, -0.2) is 4.98 Å². The summed E-state index contributed by atoms with van der Waals surface area (Å²) in [6.45, 7) is 5.21. The van der Waals surface area contributed by atoms with Crippen LogP contribution in [0.3, 0.4) is 0 Å². The van der Waals surface area contributed by atoms with E-state index < -0.39 is 0 Å². The number of pyridine rings is 1. The van der Waals surface area contributed by atoms with Crippen molar-refractivity contribution in [1.29, 1.82) is 0 Å². The average molecular weight is 246 g/mol. The van der Waals surface area contributed by atoms with Crippen molar-refractivity contribution in [3.05, 3.63) is 29.6 Å². The lowest BCUT2D eigenvalue weighted by Crippen LogP contribution is -2.07. The lowest BCUT2D eigenvalue weighted by atomic mass is 9.92. The molecule has 0 spiro atoms. The van der Waals surface area contributed by atoms with E-state index in [-0.39, 0.29) is 0 Å². The van der Waals surface area contributed by atoms with Crippen LogP contribution in [-0.2, 0) is 6.54 Å². The first-order valence-corrected chi connectivity index (χ1v) is 7.34. The number of hydrogen-bond acceptors (Lipinski definition) is 2. The molecule has 0 saturated heterocycles. The summed E-state index contributed by atoms with van der Waals surface area (Å²) in [4.78, 5) is 4.42. The molecule has 2 rings (SSSR count). The molecule has 2 N–H and O–H groups in total. The largest absolute Gasteiger partial charge is 0.325 e. The first-order chi connectivity index (χ1) is 8.70. The Balaban J connectivity index is 1.95. The molecule has 1 saturated carbocycles. The molecule has 0 amide bonds. The number of rotatable bonds is 5. The fourth-order valence-electron chi connectivity index (χ4n) is 3.18. The Morgan fingerprint density at radius 2 is 2.22 bits per heavy atom. The van der Waals surface area contributed by atoms with Gasteiger partial charge in [0.25, 0.3) is 0 Å². The predicted molar refractivity (Wildman–Crippen MR) is 76.3 cm³/mol. The van der Waals surface area contributed by atoms with Crippen LogP contribution in [0.5, 0.6) is 0 Å². The lowest BCUT2D eigenvalue weighted by Gasteiger charge is -2.15. The fraction of sp³-hybridized carbons (Fsp3) is 0.688. The van der Waals surface area contributed by atoms with E-state index in [4.69, 9.17) is 5.73 Å². The third-order valence-electron chi connectivity index (χ3n) is 4.25. The quantitative estimate of drug-likeness (QED) is 0.856. The molecule has 2 heteroatoms. The van der Waals surface area contributed by atoms with Crippen molar-refractivity contribution in [2.75, 3.05) is 0 Å². The molecule has 0 radical (unpaired) electrons. The molecule has 1 fully saturated rings. The molecule has 0 bridgehead atoms. The van der Waals surface area contributed by atoms with Gasteiger partial charge in [-0.3, -0.25) is 4.98 Å². The molecule has 2 nitrogen and oxygen atoms in total. The van der Waals surface area contributed by atoms with Gasteiger partial charge in [0.15, 0.2) is 0 Å². The number of aromatic nitrogens is 1. The highest BCUT2D eigenvalue weighted by Crippen LogP contribution is 2.41. The molecular weight excluding hydrogens is 220 g/mol. The first-order valence-electron chi connectivity index (χ1n) is 7.34. The van der Waals surface area contributed by atoms with Crippen molar-refractivity contribution >= 4 is 0 Å². The maximum atomic E-state index is 5.79. The van der Waals surface area contributed by atoms with Crippen LogP contribution in [0.1, 0.15) is 63.1 Å². The molecule has 1 aromatic rings. The van der Waals surface area contributed by atoms with Gasteiger partial charge in [0.2, 0.25) is 0 Å². The van der Waals surface area contributed by atoms with Crippen molar-refractivity contribution in [1.82, 2.24) is 4.98 Å². The molecule has 2 unspecified atom stereocenters. The van der Waals surface area contributed by atoms with E-state index in [1.165, 1.54) is 37.7 Å². The molecule has 1 aromatic heterocycles. The zero-order valence-corrected chi connectivity index (χ0v) is 11.7. The molecule has 100 valence electrons. The van der Waals surface area contributed by atoms with Gasteiger partial charge in [-0.15, -0.1) is 0 Å². The molecule has 0 aliphatic heterocycles. The Hall–Kier alpha value is -0.890. The summed E-state index contributed by atoms with van der Waals surface area (Å²) in [6.07, 6.45) is 8.67. The average Bonchev–Trinajstić information content (AvgIpc) is 2.85. The predicted octanol–water partition coefficient (Wildman–Crippen LogP) is 3.86. The standard InChI is InChI=1S/C16H26N2/c1-12(2)5-6-13-7-8-14(10-13)15-4-3-9-18-16(15)11-17/h3-4,9,12-14H,5-8,10-11,17H2,1-2H3. The second-order valence-corrected chi connectivity index (χ2v) is 6.09. The van der Waals surface area contributed by atoms with Crippen LogP contribution < -0.4 is 5.73 Å². The van der Waals surface area contributed by atoms with E-state index in [2.05, 4.69) is 31.0 Å². The maximum Gasteiger partial charge on any atom is 0.0574 e. The van der Waals surface area contributed by atoms with E-state index in [1.807, 2.05) is 6.20 Å². The number of hydrogen-bond donors (Lipinski definition) is 1. The third kappa shape index (κ3) is 3.32. The zero-order valence-electron chi connectivity index (χ0n) is 11.7. The monoisotopic (exact) mass is 246 g/mol. The first kappa shape index (κ1) is 13.5. The Kier molecular flexibility index (Phi) is 4.76. The van der Waals surface area contributed by atoms with Crippen LogP contribution in [0.4, 0.5) is 0 Å². The second kappa shape index (κ2) is 6.33. The molecule has 18 heavy (non-hydrogen) atoms. The van der Waals surface area contributed by atoms with Gasteiger partial charge in [-0.05, 0) is 48.6 Å². The van der Waals surface area contributed by atoms with Gasteiger partial charge in [0.1, 0.15) is 0 Å². The Bertz CT molecular complexity index is 373. The summed E-state index contributed by atoms with van der Waals surface area (Å²) in [5.41, 5.74) is 8.30. The fourth-order valence-corrected chi connectivity index (χ4v) is 3.18. The van der Waals surface area contributed by atoms with Crippen molar-refractivity contribution < 1.29 is 0 Å². The molecule has 0 aromatic carbocycles. The summed E-state index contributed by atoms with van der Waals surface area (Å²) >= 11 is 0. The number of nitrogens with two attached hydrogens (primary N) is 1. The van der Waals surface area contributed by atoms with Crippen LogP contribution in [0, 0.1) is 11.8 Å².